The molecule has 0 radical (unpaired) electrons. The molecule has 31 heavy (non-hydrogen) atoms. The topological polar surface area (TPSA) is 79.7 Å². The minimum absolute atomic E-state index is 0.0129. The molecule has 1 fully saturated rings. The lowest BCUT2D eigenvalue weighted by Gasteiger charge is -2.42. The molecule has 7 nitrogen and oxygen atoms in total. The van der Waals surface area contributed by atoms with E-state index in [9.17, 15) is 18.0 Å². The van der Waals surface area contributed by atoms with Crippen LogP contribution in [-0.2, 0) is 21.4 Å². The van der Waals surface area contributed by atoms with E-state index in [2.05, 4.69) is 6.92 Å². The Labute approximate surface area is 186 Å². The minimum atomic E-state index is -3.71. The molecule has 0 aliphatic carbocycles. The fourth-order valence-electron chi connectivity index (χ4n) is 5.07. The van der Waals surface area contributed by atoms with Gasteiger partial charge >= 0.3 is 0 Å². The van der Waals surface area contributed by atoms with Gasteiger partial charge in [-0.2, -0.15) is 4.31 Å². The van der Waals surface area contributed by atoms with Crippen LogP contribution in [0.15, 0.2) is 51.0 Å². The summed E-state index contributed by atoms with van der Waals surface area (Å²) < 4.78 is 30.5. The van der Waals surface area contributed by atoms with E-state index in [0.717, 1.165) is 17.0 Å². The van der Waals surface area contributed by atoms with E-state index in [0.29, 0.717) is 31.9 Å². The van der Waals surface area contributed by atoms with Gasteiger partial charge in [0.2, 0.25) is 15.9 Å². The molecule has 2 aromatic rings. The highest BCUT2D eigenvalue weighted by atomic mass is 32.2. The summed E-state index contributed by atoms with van der Waals surface area (Å²) in [6, 6.07) is 10.4. The van der Waals surface area contributed by atoms with Crippen LogP contribution >= 0.6 is 11.8 Å². The second-order valence-corrected chi connectivity index (χ2v) is 12.1. The second-order valence-electron chi connectivity index (χ2n) is 8.71. The number of benzene rings is 1. The molecule has 164 valence electrons. The lowest BCUT2D eigenvalue weighted by molar-refractivity contribution is -0.116. The van der Waals surface area contributed by atoms with Crippen LogP contribution in [0.2, 0.25) is 0 Å². The van der Waals surface area contributed by atoms with Crippen LogP contribution in [0.25, 0.3) is 0 Å². The maximum Gasteiger partial charge on any atom is 0.250 e. The molecule has 1 aromatic carbocycles. The number of piperidine rings is 1. The molecule has 1 aromatic heterocycles. The van der Waals surface area contributed by atoms with E-state index >= 15 is 0 Å². The number of nitrogens with zero attached hydrogens (tertiary/aromatic N) is 3. The van der Waals surface area contributed by atoms with Gasteiger partial charge < -0.3 is 9.47 Å². The molecule has 0 unspecified atom stereocenters. The van der Waals surface area contributed by atoms with Crippen LogP contribution in [0.4, 0.5) is 5.69 Å². The summed E-state index contributed by atoms with van der Waals surface area (Å²) in [5.41, 5.74) is 1.57. The first kappa shape index (κ1) is 20.8. The SMILES string of the molecule is CC(=O)N1C[C@@H](C)Sc2ccc(S(=O)(=O)N3C[C@H]4C[C@@H](C3)c3cccc(=O)n3C4)cc21. The van der Waals surface area contributed by atoms with Crippen LogP contribution in [0.3, 0.4) is 0 Å². The lowest BCUT2D eigenvalue weighted by Crippen LogP contribution is -2.49. The van der Waals surface area contributed by atoms with E-state index < -0.39 is 10.0 Å². The lowest BCUT2D eigenvalue weighted by atomic mass is 9.84. The summed E-state index contributed by atoms with van der Waals surface area (Å²) in [6.45, 7) is 5.45. The van der Waals surface area contributed by atoms with Crippen molar-refractivity contribution in [2.24, 2.45) is 5.92 Å². The van der Waals surface area contributed by atoms with Crippen molar-refractivity contribution in [3.63, 3.8) is 0 Å². The van der Waals surface area contributed by atoms with E-state index in [-0.39, 0.29) is 33.4 Å². The van der Waals surface area contributed by atoms with Crippen molar-refractivity contribution in [1.82, 2.24) is 8.87 Å². The van der Waals surface area contributed by atoms with Gasteiger partial charge in [0.05, 0.1) is 10.6 Å². The third kappa shape index (κ3) is 3.52. The Balaban J connectivity index is 1.49. The average molecular weight is 460 g/mol. The van der Waals surface area contributed by atoms with Crippen molar-refractivity contribution in [2.75, 3.05) is 24.5 Å². The number of rotatable bonds is 2. The largest absolute Gasteiger partial charge is 0.312 e. The summed E-state index contributed by atoms with van der Waals surface area (Å²) in [6.07, 6.45) is 0.895. The van der Waals surface area contributed by atoms with Crippen LogP contribution < -0.4 is 10.5 Å². The third-order valence-corrected chi connectivity index (χ3v) is 9.43. The molecule has 0 saturated carbocycles. The normalized spacial score (nSPS) is 25.6. The number of amides is 1. The zero-order chi connectivity index (χ0) is 21.9. The van der Waals surface area contributed by atoms with Gasteiger partial charge in [-0.15, -0.1) is 11.8 Å². The zero-order valence-electron chi connectivity index (χ0n) is 17.5. The monoisotopic (exact) mass is 459 g/mol. The Morgan fingerprint density at radius 3 is 2.68 bits per heavy atom. The number of fused-ring (bicyclic) bond motifs is 5. The molecule has 0 spiro atoms. The summed E-state index contributed by atoms with van der Waals surface area (Å²) in [7, 11) is -3.71. The highest BCUT2D eigenvalue weighted by Crippen LogP contribution is 2.41. The van der Waals surface area contributed by atoms with Crippen molar-refractivity contribution in [1.29, 1.82) is 0 Å². The van der Waals surface area contributed by atoms with Crippen molar-refractivity contribution >= 4 is 33.4 Å². The summed E-state index contributed by atoms with van der Waals surface area (Å²) >= 11 is 1.66. The predicted molar refractivity (Wildman–Crippen MR) is 120 cm³/mol. The molecular weight excluding hydrogens is 434 g/mol. The van der Waals surface area contributed by atoms with Crippen molar-refractivity contribution < 1.29 is 13.2 Å². The first-order valence-corrected chi connectivity index (χ1v) is 12.8. The highest BCUT2D eigenvalue weighted by Gasteiger charge is 2.40. The van der Waals surface area contributed by atoms with Gasteiger partial charge in [0.1, 0.15) is 0 Å². The van der Waals surface area contributed by atoms with E-state index in [4.69, 9.17) is 0 Å². The first-order chi connectivity index (χ1) is 14.7. The van der Waals surface area contributed by atoms with Gasteiger partial charge in [0, 0.05) is 60.9 Å². The number of pyridine rings is 1. The first-order valence-electron chi connectivity index (χ1n) is 10.5. The number of anilines is 1. The van der Waals surface area contributed by atoms with Crippen LogP contribution in [0.5, 0.6) is 0 Å². The molecule has 4 heterocycles. The molecule has 9 heteroatoms. The van der Waals surface area contributed by atoms with Gasteiger partial charge in [-0.1, -0.05) is 13.0 Å². The Hall–Kier alpha value is -2.10. The Kier molecular flexibility index (Phi) is 5.02. The number of carbonyl (C=O) groups excluding carboxylic acids is 1. The smallest absolute Gasteiger partial charge is 0.250 e. The highest BCUT2D eigenvalue weighted by molar-refractivity contribution is 8.00. The maximum absolute atomic E-state index is 13.6. The van der Waals surface area contributed by atoms with Crippen molar-refractivity contribution in [3.05, 3.63) is 52.4 Å². The second kappa shape index (κ2) is 7.50. The van der Waals surface area contributed by atoms with Crippen molar-refractivity contribution in [3.8, 4) is 0 Å². The van der Waals surface area contributed by atoms with Crippen molar-refractivity contribution in [2.45, 2.75) is 47.8 Å². The number of sulfonamides is 1. The standard InChI is InChI=1S/C22H25N3O4S2/c1-14-10-24(15(2)26)20-9-18(6-7-21(20)30-14)31(28,29)23-11-16-8-17(13-23)19-4-3-5-22(27)25(19)12-16/h3-7,9,14,16-17H,8,10-13H2,1-2H3/t14-,16-,17+/m1/s1. The molecule has 1 amide bonds. The zero-order valence-corrected chi connectivity index (χ0v) is 19.2. The number of hydrogen-bond donors (Lipinski definition) is 0. The van der Waals surface area contributed by atoms with Gasteiger partial charge in [0.25, 0.3) is 5.56 Å². The number of aromatic nitrogens is 1. The fourth-order valence-corrected chi connectivity index (χ4v) is 7.75. The fraction of sp³-hybridized carbons (Fsp3) is 0.455. The predicted octanol–water partition coefficient (Wildman–Crippen LogP) is 2.50. The number of hydrogen-bond acceptors (Lipinski definition) is 5. The molecule has 5 rings (SSSR count). The van der Waals surface area contributed by atoms with E-state index in [1.54, 1.807) is 49.8 Å². The van der Waals surface area contributed by atoms with E-state index in [1.165, 1.54) is 6.92 Å². The molecule has 2 bridgehead atoms. The average Bonchev–Trinajstić information content (AvgIpc) is 2.73. The quantitative estimate of drug-likeness (QED) is 0.690. The Bertz CT molecular complexity index is 1220. The number of carbonyl (C=O) groups is 1. The van der Waals surface area contributed by atoms with E-state index in [1.807, 2.05) is 12.1 Å². The van der Waals surface area contributed by atoms with Gasteiger partial charge in [-0.05, 0) is 36.6 Å². The van der Waals surface area contributed by atoms with Crippen LogP contribution in [-0.4, -0.2) is 48.1 Å². The van der Waals surface area contributed by atoms with Gasteiger partial charge in [0.15, 0.2) is 0 Å². The maximum atomic E-state index is 13.6. The summed E-state index contributed by atoms with van der Waals surface area (Å²) in [5, 5.41) is 0.254. The van der Waals surface area contributed by atoms with Gasteiger partial charge in [-0.3, -0.25) is 9.59 Å². The van der Waals surface area contributed by atoms with Crippen LogP contribution in [0.1, 0.15) is 31.9 Å². The Morgan fingerprint density at radius 1 is 1.10 bits per heavy atom. The Morgan fingerprint density at radius 2 is 1.90 bits per heavy atom. The third-order valence-electron chi connectivity index (χ3n) is 6.45. The van der Waals surface area contributed by atoms with Gasteiger partial charge in [-0.25, -0.2) is 8.42 Å². The summed E-state index contributed by atoms with van der Waals surface area (Å²) in [5.74, 6) is 0.0419. The molecule has 3 aliphatic rings. The molecule has 3 atom stereocenters. The molecule has 3 aliphatic heterocycles. The molecular formula is C22H25N3O4S2. The minimum Gasteiger partial charge on any atom is -0.312 e. The van der Waals surface area contributed by atoms with Crippen LogP contribution in [0, 0.1) is 5.92 Å². The molecule has 1 saturated heterocycles. The molecule has 0 N–H and O–H groups in total. The summed E-state index contributed by atoms with van der Waals surface area (Å²) in [4.78, 5) is 27.2. The number of thioether (sulfide) groups is 1.